The number of hydrogen-bond donors (Lipinski definition) is 0. The Balaban J connectivity index is 1.73. The van der Waals surface area contributed by atoms with E-state index in [1.54, 1.807) is 0 Å². The van der Waals surface area contributed by atoms with Crippen molar-refractivity contribution in [2.75, 3.05) is 0 Å². The van der Waals surface area contributed by atoms with Crippen molar-refractivity contribution in [2.45, 2.75) is 0 Å². The van der Waals surface area contributed by atoms with Crippen LogP contribution in [0.25, 0.3) is 34.4 Å². The molecule has 2 heteroatoms. The molecule has 2 heterocycles. The molecular weight excluding hydrogens is 316 g/mol. The van der Waals surface area contributed by atoms with Gasteiger partial charge in [-0.1, -0.05) is 72.8 Å². The van der Waals surface area contributed by atoms with Gasteiger partial charge in [0.05, 0.1) is 11.4 Å². The van der Waals surface area contributed by atoms with Gasteiger partial charge in [0, 0.05) is 23.5 Å². The van der Waals surface area contributed by atoms with E-state index in [1.165, 1.54) is 0 Å². The highest BCUT2D eigenvalue weighted by Gasteiger charge is 2.05. The van der Waals surface area contributed by atoms with Gasteiger partial charge in [-0.2, -0.15) is 0 Å². The van der Waals surface area contributed by atoms with Gasteiger partial charge in [0.1, 0.15) is 0 Å². The normalized spacial score (nSPS) is 10.9. The molecule has 0 unspecified atom stereocenters. The van der Waals surface area contributed by atoms with Crippen molar-refractivity contribution in [1.82, 2.24) is 9.97 Å². The molecule has 0 radical (unpaired) electrons. The van der Waals surface area contributed by atoms with Gasteiger partial charge < -0.3 is 0 Å². The van der Waals surface area contributed by atoms with Crippen LogP contribution in [-0.2, 0) is 0 Å². The van der Waals surface area contributed by atoms with Crippen LogP contribution in [0.3, 0.4) is 0 Å². The Hall–Kier alpha value is -3.52. The molecule has 4 aromatic rings. The summed E-state index contributed by atoms with van der Waals surface area (Å²) in [5.74, 6) is 0. The van der Waals surface area contributed by atoms with Crippen LogP contribution in [0.1, 0.15) is 11.4 Å². The fraction of sp³-hybridized carbons (Fsp3) is 0. The second-order valence-corrected chi connectivity index (χ2v) is 5.94. The molecule has 0 bridgehead atoms. The van der Waals surface area contributed by atoms with E-state index < -0.39 is 0 Å². The molecule has 0 saturated carbocycles. The average Bonchev–Trinajstić information content (AvgIpc) is 2.74. The van der Waals surface area contributed by atoms with Crippen molar-refractivity contribution >= 4 is 12.2 Å². The zero-order valence-corrected chi connectivity index (χ0v) is 14.3. The molecule has 124 valence electrons. The molecule has 0 aliphatic heterocycles. The van der Waals surface area contributed by atoms with Crippen molar-refractivity contribution in [3.8, 4) is 22.3 Å². The van der Waals surface area contributed by atoms with Gasteiger partial charge in [-0.15, -0.1) is 0 Å². The van der Waals surface area contributed by atoms with Crippen LogP contribution in [0.5, 0.6) is 0 Å². The molecule has 2 aromatic carbocycles. The van der Waals surface area contributed by atoms with E-state index in [-0.39, 0.29) is 0 Å². The fourth-order valence-corrected chi connectivity index (χ4v) is 2.98. The van der Waals surface area contributed by atoms with Gasteiger partial charge in [0.25, 0.3) is 0 Å². The molecule has 26 heavy (non-hydrogen) atoms. The predicted octanol–water partition coefficient (Wildman–Crippen LogP) is 5.98. The first kappa shape index (κ1) is 16.0. The molecule has 0 amide bonds. The summed E-state index contributed by atoms with van der Waals surface area (Å²) in [6.07, 6.45) is 7.72. The smallest absolute Gasteiger partial charge is 0.0708 e. The third-order valence-electron chi connectivity index (χ3n) is 4.25. The van der Waals surface area contributed by atoms with Crippen molar-refractivity contribution < 1.29 is 0 Å². The summed E-state index contributed by atoms with van der Waals surface area (Å²) >= 11 is 0. The second kappa shape index (κ2) is 7.58. The molecule has 4 rings (SSSR count). The Labute approximate surface area is 153 Å². The Morgan fingerprint density at radius 1 is 0.462 bits per heavy atom. The predicted molar refractivity (Wildman–Crippen MR) is 108 cm³/mol. The van der Waals surface area contributed by atoms with E-state index in [9.17, 15) is 0 Å². The summed E-state index contributed by atoms with van der Waals surface area (Å²) in [6, 6.07) is 28.8. The lowest BCUT2D eigenvalue weighted by Crippen LogP contribution is -1.89. The van der Waals surface area contributed by atoms with Gasteiger partial charge in [-0.05, 0) is 35.4 Å². The number of hydrogen-bond acceptors (Lipinski definition) is 2. The third-order valence-corrected chi connectivity index (χ3v) is 4.25. The molecule has 2 aromatic heterocycles. The van der Waals surface area contributed by atoms with Gasteiger partial charge in [0.15, 0.2) is 0 Å². The molecule has 0 saturated heterocycles. The monoisotopic (exact) mass is 334 g/mol. The summed E-state index contributed by atoms with van der Waals surface area (Å²) in [5, 5.41) is 0. The van der Waals surface area contributed by atoms with Crippen molar-refractivity contribution in [1.29, 1.82) is 0 Å². The minimum Gasteiger partial charge on any atom is -0.256 e. The zero-order chi connectivity index (χ0) is 17.6. The van der Waals surface area contributed by atoms with Gasteiger partial charge in [0.2, 0.25) is 0 Å². The lowest BCUT2D eigenvalue weighted by molar-refractivity contribution is 1.28. The van der Waals surface area contributed by atoms with E-state index in [0.717, 1.165) is 33.6 Å². The van der Waals surface area contributed by atoms with Crippen molar-refractivity contribution in [2.24, 2.45) is 0 Å². The molecule has 0 atom stereocenters. The largest absolute Gasteiger partial charge is 0.256 e. The Morgan fingerprint density at radius 2 is 0.885 bits per heavy atom. The maximum absolute atomic E-state index is 4.56. The summed E-state index contributed by atoms with van der Waals surface area (Å²) in [5.41, 5.74) is 6.41. The summed E-state index contributed by atoms with van der Waals surface area (Å²) in [4.78, 5) is 9.12. The maximum Gasteiger partial charge on any atom is 0.0708 e. The van der Waals surface area contributed by atoms with E-state index in [0.29, 0.717) is 0 Å². The molecule has 0 fully saturated rings. The van der Waals surface area contributed by atoms with Crippen LogP contribution in [0.4, 0.5) is 0 Å². The van der Waals surface area contributed by atoms with E-state index in [1.807, 2.05) is 73.1 Å². The highest BCUT2D eigenvalue weighted by atomic mass is 14.7. The first-order valence-electron chi connectivity index (χ1n) is 8.61. The molecule has 0 aliphatic carbocycles. The number of pyridine rings is 2. The lowest BCUT2D eigenvalue weighted by atomic mass is 10.0. The maximum atomic E-state index is 4.56. The Bertz CT molecular complexity index is 937. The van der Waals surface area contributed by atoms with Crippen LogP contribution < -0.4 is 0 Å². The first-order valence-corrected chi connectivity index (χ1v) is 8.61. The van der Waals surface area contributed by atoms with Gasteiger partial charge >= 0.3 is 0 Å². The minimum atomic E-state index is 0.934. The second-order valence-electron chi connectivity index (χ2n) is 5.94. The lowest BCUT2D eigenvalue weighted by Gasteiger charge is -2.07. The van der Waals surface area contributed by atoms with E-state index in [4.69, 9.17) is 0 Å². The first-order chi connectivity index (χ1) is 12.9. The van der Waals surface area contributed by atoms with Crippen LogP contribution in [0.15, 0.2) is 97.3 Å². The van der Waals surface area contributed by atoms with Gasteiger partial charge in [-0.25, -0.2) is 0 Å². The van der Waals surface area contributed by atoms with Crippen LogP contribution in [0, 0.1) is 0 Å². The summed E-state index contributed by atoms with van der Waals surface area (Å²) in [6.45, 7) is 0. The molecule has 0 spiro atoms. The van der Waals surface area contributed by atoms with Crippen LogP contribution >= 0.6 is 0 Å². The molecule has 0 aliphatic rings. The highest BCUT2D eigenvalue weighted by Crippen LogP contribution is 2.26. The minimum absolute atomic E-state index is 0.934. The highest BCUT2D eigenvalue weighted by molar-refractivity contribution is 5.82. The summed E-state index contributed by atoms with van der Waals surface area (Å²) < 4.78 is 0. The van der Waals surface area contributed by atoms with Crippen LogP contribution in [-0.4, -0.2) is 9.97 Å². The molecular formula is C24H18N2. The van der Waals surface area contributed by atoms with Crippen molar-refractivity contribution in [3.63, 3.8) is 0 Å². The Kier molecular flexibility index (Phi) is 4.66. The quantitative estimate of drug-likeness (QED) is 0.459. The molecule has 2 nitrogen and oxygen atoms in total. The van der Waals surface area contributed by atoms with Crippen molar-refractivity contribution in [3.05, 3.63) is 109 Å². The SMILES string of the molecule is C(=Cc1ncccc1-c1ccccc1)c1ncccc1-c1ccccc1. The topological polar surface area (TPSA) is 25.8 Å². The zero-order valence-electron chi connectivity index (χ0n) is 14.3. The number of aromatic nitrogens is 2. The standard InChI is InChI=1S/C24H18N2/c1-3-9-19(10-4-1)21-13-7-17-25-23(21)15-16-24-22(14-8-18-26-24)20-11-5-2-6-12-20/h1-18H. The number of nitrogens with zero attached hydrogens (tertiary/aromatic N) is 2. The fourth-order valence-electron chi connectivity index (χ4n) is 2.98. The van der Waals surface area contributed by atoms with E-state index >= 15 is 0 Å². The number of rotatable bonds is 4. The van der Waals surface area contributed by atoms with E-state index in [2.05, 4.69) is 46.4 Å². The third kappa shape index (κ3) is 3.45. The van der Waals surface area contributed by atoms with Gasteiger partial charge in [-0.3, -0.25) is 9.97 Å². The van der Waals surface area contributed by atoms with Crippen LogP contribution in [0.2, 0.25) is 0 Å². The summed E-state index contributed by atoms with van der Waals surface area (Å²) in [7, 11) is 0. The number of benzene rings is 2. The molecule has 0 N–H and O–H groups in total. The average molecular weight is 334 g/mol. The Morgan fingerprint density at radius 3 is 1.31 bits per heavy atom.